The fourth-order valence-corrected chi connectivity index (χ4v) is 4.68. The van der Waals surface area contributed by atoms with Gasteiger partial charge in [-0.1, -0.05) is 63.3 Å². The minimum absolute atomic E-state index is 0.0103. The molecule has 0 aromatic heterocycles. The highest BCUT2D eigenvalue weighted by molar-refractivity contribution is 6.74. The van der Waals surface area contributed by atoms with Crippen LogP contribution in [-0.4, -0.2) is 44.0 Å². The molecule has 30 heavy (non-hydrogen) atoms. The molecule has 1 aliphatic heterocycles. The van der Waals surface area contributed by atoms with Crippen molar-refractivity contribution < 1.29 is 18.8 Å². The summed E-state index contributed by atoms with van der Waals surface area (Å²) in [5.74, 6) is -0.972. The first-order chi connectivity index (χ1) is 14.0. The van der Waals surface area contributed by atoms with Gasteiger partial charge in [-0.25, -0.2) is 9.69 Å². The molecular weight excluding hydrogens is 394 g/mol. The topological polar surface area (TPSA) is 55.8 Å². The number of hydrogen-bond donors (Lipinski definition) is 0. The smallest absolute Gasteiger partial charge is 0.417 e. The van der Waals surface area contributed by atoms with E-state index in [9.17, 15) is 9.59 Å². The van der Waals surface area contributed by atoms with E-state index in [1.54, 1.807) is 12.2 Å². The summed E-state index contributed by atoms with van der Waals surface area (Å²) in [5.41, 5.74) is 1.05. The first-order valence-electron chi connectivity index (χ1n) is 10.5. The molecule has 0 saturated carbocycles. The average molecular weight is 430 g/mol. The predicted molar refractivity (Wildman–Crippen MR) is 123 cm³/mol. The van der Waals surface area contributed by atoms with Crippen LogP contribution in [0.15, 0.2) is 55.6 Å². The van der Waals surface area contributed by atoms with Gasteiger partial charge in [-0.2, -0.15) is 0 Å². The number of carbonyl (C=O) groups is 2. The first-order valence-corrected chi connectivity index (χ1v) is 13.4. The van der Waals surface area contributed by atoms with Crippen LogP contribution >= 0.6 is 0 Å². The van der Waals surface area contributed by atoms with E-state index in [4.69, 9.17) is 9.16 Å². The zero-order chi connectivity index (χ0) is 22.5. The van der Waals surface area contributed by atoms with Crippen molar-refractivity contribution in [3.8, 4) is 0 Å². The van der Waals surface area contributed by atoms with Crippen molar-refractivity contribution in [3.05, 3.63) is 61.2 Å². The van der Waals surface area contributed by atoms with Crippen LogP contribution in [0.4, 0.5) is 4.79 Å². The van der Waals surface area contributed by atoms with Gasteiger partial charge in [0, 0.05) is 0 Å². The second-order valence-electron chi connectivity index (χ2n) is 9.33. The Labute approximate surface area is 181 Å². The van der Waals surface area contributed by atoms with Crippen molar-refractivity contribution in [3.63, 3.8) is 0 Å². The largest absolute Gasteiger partial charge is 0.447 e. The molecule has 0 radical (unpaired) electrons. The van der Waals surface area contributed by atoms with Crippen LogP contribution in [0.1, 0.15) is 32.8 Å². The molecule has 0 aliphatic carbocycles. The maximum Gasteiger partial charge on any atom is 0.417 e. The Hall–Kier alpha value is -2.18. The van der Waals surface area contributed by atoms with Gasteiger partial charge in [0.1, 0.15) is 6.61 Å². The van der Waals surface area contributed by atoms with Crippen LogP contribution in [0.25, 0.3) is 0 Å². The molecule has 2 amide bonds. The molecule has 6 heteroatoms. The number of ether oxygens (including phenoxy) is 1. The first kappa shape index (κ1) is 24.1. The summed E-state index contributed by atoms with van der Waals surface area (Å²) in [4.78, 5) is 27.2. The lowest BCUT2D eigenvalue weighted by molar-refractivity contribution is -0.134. The Morgan fingerprint density at radius 2 is 1.93 bits per heavy atom. The molecule has 1 aliphatic rings. The van der Waals surface area contributed by atoms with Gasteiger partial charge in [-0.05, 0) is 36.5 Å². The second kappa shape index (κ2) is 9.75. The van der Waals surface area contributed by atoms with Crippen molar-refractivity contribution in [1.29, 1.82) is 0 Å². The minimum Gasteiger partial charge on any atom is -0.447 e. The summed E-state index contributed by atoms with van der Waals surface area (Å²) in [5, 5.41) is -0.0103. The molecular formula is C24H35NO4Si. The molecule has 5 nitrogen and oxygen atoms in total. The standard InChI is InChI=1S/C24H35NO4Si/c1-8-13-21(29-30(6,7)24(3,4)5)20(9-2)22(26)25-19(17-28-23(25)27)16-18-14-11-10-12-15-18/h8-12,14-15,19-21H,1-2,13,16-17H2,3-7H3/t19-,20-,21+/m1/s1. The van der Waals surface area contributed by atoms with E-state index in [1.807, 2.05) is 30.3 Å². The molecule has 3 atom stereocenters. The Morgan fingerprint density at radius 1 is 1.30 bits per heavy atom. The average Bonchev–Trinajstić information content (AvgIpc) is 3.02. The number of carbonyl (C=O) groups excluding carboxylic acids is 2. The highest BCUT2D eigenvalue weighted by atomic mass is 28.4. The van der Waals surface area contributed by atoms with E-state index < -0.39 is 26.4 Å². The molecule has 0 unspecified atom stereocenters. The molecule has 2 rings (SSSR count). The third-order valence-corrected chi connectivity index (χ3v) is 10.6. The molecule has 1 aromatic carbocycles. The van der Waals surface area contributed by atoms with Gasteiger partial charge in [0.15, 0.2) is 8.32 Å². The number of amides is 2. The monoisotopic (exact) mass is 429 g/mol. The van der Waals surface area contributed by atoms with E-state index in [2.05, 4.69) is 47.0 Å². The highest BCUT2D eigenvalue weighted by Gasteiger charge is 2.45. The second-order valence-corrected chi connectivity index (χ2v) is 14.1. The lowest BCUT2D eigenvalue weighted by Gasteiger charge is -2.41. The van der Waals surface area contributed by atoms with Crippen LogP contribution < -0.4 is 0 Å². The number of cyclic esters (lactones) is 1. The Bertz CT molecular complexity index is 769. The summed E-state index contributed by atoms with van der Waals surface area (Å²) in [7, 11) is -2.15. The molecule has 1 saturated heterocycles. The molecule has 0 bridgehead atoms. The summed E-state index contributed by atoms with van der Waals surface area (Å²) >= 11 is 0. The van der Waals surface area contributed by atoms with Gasteiger partial charge in [-0.3, -0.25) is 4.79 Å². The van der Waals surface area contributed by atoms with Crippen molar-refractivity contribution in [2.24, 2.45) is 5.92 Å². The van der Waals surface area contributed by atoms with Gasteiger partial charge in [0.2, 0.25) is 5.91 Å². The Kier molecular flexibility index (Phi) is 7.83. The maximum atomic E-state index is 13.5. The van der Waals surface area contributed by atoms with E-state index in [-0.39, 0.29) is 23.6 Å². The molecule has 0 spiro atoms. The molecule has 1 aromatic rings. The number of nitrogens with zero attached hydrogens (tertiary/aromatic N) is 1. The molecule has 1 heterocycles. The van der Waals surface area contributed by atoms with E-state index in [0.29, 0.717) is 12.8 Å². The number of hydrogen-bond acceptors (Lipinski definition) is 4. The predicted octanol–water partition coefficient (Wildman–Crippen LogP) is 5.35. The zero-order valence-electron chi connectivity index (χ0n) is 18.9. The lowest BCUT2D eigenvalue weighted by atomic mass is 9.97. The van der Waals surface area contributed by atoms with Gasteiger partial charge in [0.25, 0.3) is 0 Å². The van der Waals surface area contributed by atoms with Crippen LogP contribution in [-0.2, 0) is 20.4 Å². The molecule has 1 fully saturated rings. The fourth-order valence-electron chi connectivity index (χ4n) is 3.33. The summed E-state index contributed by atoms with van der Waals surface area (Å²) < 4.78 is 11.8. The van der Waals surface area contributed by atoms with Gasteiger partial charge in [0.05, 0.1) is 18.1 Å². The van der Waals surface area contributed by atoms with Crippen molar-refractivity contribution in [1.82, 2.24) is 4.90 Å². The number of benzene rings is 1. The van der Waals surface area contributed by atoms with E-state index in [0.717, 1.165) is 5.56 Å². The van der Waals surface area contributed by atoms with Crippen molar-refractivity contribution in [2.75, 3.05) is 6.61 Å². The summed E-state index contributed by atoms with van der Waals surface area (Å²) in [6.45, 7) is 18.7. The SMILES string of the molecule is C=CC[C@H](O[Si](C)(C)C(C)(C)C)[C@@H](C=C)C(=O)N1C(=O)OC[C@H]1Cc1ccccc1. The Balaban J connectivity index is 2.27. The van der Waals surface area contributed by atoms with Gasteiger partial charge in [-0.15, -0.1) is 13.2 Å². The number of imide groups is 1. The van der Waals surface area contributed by atoms with Gasteiger partial charge >= 0.3 is 6.09 Å². The summed E-state index contributed by atoms with van der Waals surface area (Å²) in [6.07, 6.45) is 3.38. The number of rotatable bonds is 9. The van der Waals surface area contributed by atoms with Crippen LogP contribution in [0.5, 0.6) is 0 Å². The van der Waals surface area contributed by atoms with E-state index in [1.165, 1.54) is 4.90 Å². The highest BCUT2D eigenvalue weighted by Crippen LogP contribution is 2.39. The third kappa shape index (κ3) is 5.49. The summed E-state index contributed by atoms with van der Waals surface area (Å²) in [6, 6.07) is 9.45. The van der Waals surface area contributed by atoms with Gasteiger partial charge < -0.3 is 9.16 Å². The zero-order valence-corrected chi connectivity index (χ0v) is 19.9. The van der Waals surface area contributed by atoms with Crippen LogP contribution in [0.3, 0.4) is 0 Å². The molecule has 0 N–H and O–H groups in total. The van der Waals surface area contributed by atoms with Crippen molar-refractivity contribution in [2.45, 2.75) is 63.9 Å². The van der Waals surface area contributed by atoms with Crippen LogP contribution in [0.2, 0.25) is 18.1 Å². The Morgan fingerprint density at radius 3 is 2.47 bits per heavy atom. The van der Waals surface area contributed by atoms with E-state index >= 15 is 0 Å². The third-order valence-electron chi connectivity index (χ3n) is 6.10. The maximum absolute atomic E-state index is 13.5. The lowest BCUT2D eigenvalue weighted by Crippen LogP contribution is -2.50. The van der Waals surface area contributed by atoms with Crippen LogP contribution in [0, 0.1) is 5.92 Å². The van der Waals surface area contributed by atoms with Crippen molar-refractivity contribution >= 4 is 20.3 Å². The minimum atomic E-state index is -2.15. The fraction of sp³-hybridized carbons (Fsp3) is 0.500. The normalized spacial score (nSPS) is 19.2. The quantitative estimate of drug-likeness (QED) is 0.392. The molecule has 164 valence electrons.